The highest BCUT2D eigenvalue weighted by atomic mass is 16.3. The largest absolute Gasteiger partial charge is 0.459 e. The van der Waals surface area contributed by atoms with E-state index < -0.39 is 5.91 Å². The van der Waals surface area contributed by atoms with Crippen molar-refractivity contribution in [2.24, 2.45) is 0 Å². The van der Waals surface area contributed by atoms with Crippen LogP contribution in [0.3, 0.4) is 0 Å². The molecule has 3 rings (SSSR count). The molecule has 0 saturated carbocycles. The SMILES string of the molecule is CC(C)c1ccc(NC(=O)/C(C#N)=C\N2CCN(C(=O)c3ccco3)CC2)cc1. The minimum absolute atomic E-state index is 0.0312. The fourth-order valence-corrected chi connectivity index (χ4v) is 3.08. The van der Waals surface area contributed by atoms with Crippen LogP contribution in [0.5, 0.6) is 0 Å². The summed E-state index contributed by atoms with van der Waals surface area (Å²) in [7, 11) is 0. The first-order chi connectivity index (χ1) is 14.0. The maximum absolute atomic E-state index is 12.5. The topological polar surface area (TPSA) is 89.6 Å². The van der Waals surface area contributed by atoms with Gasteiger partial charge in [-0.1, -0.05) is 26.0 Å². The minimum atomic E-state index is -0.445. The second kappa shape index (κ2) is 9.11. The van der Waals surface area contributed by atoms with Crippen molar-refractivity contribution in [1.82, 2.24) is 9.80 Å². The number of carbonyl (C=O) groups excluding carboxylic acids is 2. The van der Waals surface area contributed by atoms with Gasteiger partial charge < -0.3 is 19.5 Å². The van der Waals surface area contributed by atoms with Gasteiger partial charge in [-0.15, -0.1) is 0 Å². The summed E-state index contributed by atoms with van der Waals surface area (Å²) < 4.78 is 5.15. The summed E-state index contributed by atoms with van der Waals surface area (Å²) in [6.45, 7) is 6.26. The summed E-state index contributed by atoms with van der Waals surface area (Å²) in [5.41, 5.74) is 1.86. The van der Waals surface area contributed by atoms with E-state index in [2.05, 4.69) is 19.2 Å². The third-order valence-corrected chi connectivity index (χ3v) is 4.85. The van der Waals surface area contributed by atoms with E-state index >= 15 is 0 Å². The molecule has 0 spiro atoms. The van der Waals surface area contributed by atoms with Crippen LogP contribution in [0.1, 0.15) is 35.9 Å². The van der Waals surface area contributed by atoms with Crippen LogP contribution >= 0.6 is 0 Å². The maximum atomic E-state index is 12.5. The molecule has 7 nitrogen and oxygen atoms in total. The lowest BCUT2D eigenvalue weighted by molar-refractivity contribution is -0.112. The Labute approximate surface area is 170 Å². The van der Waals surface area contributed by atoms with Crippen LogP contribution in [0.25, 0.3) is 0 Å². The fourth-order valence-electron chi connectivity index (χ4n) is 3.08. The summed E-state index contributed by atoms with van der Waals surface area (Å²) in [5, 5.41) is 12.2. The van der Waals surface area contributed by atoms with E-state index in [1.54, 1.807) is 23.2 Å². The van der Waals surface area contributed by atoms with Gasteiger partial charge in [0, 0.05) is 38.1 Å². The van der Waals surface area contributed by atoms with E-state index in [0.29, 0.717) is 43.5 Å². The van der Waals surface area contributed by atoms with Crippen LogP contribution in [0, 0.1) is 11.3 Å². The molecular weight excluding hydrogens is 368 g/mol. The molecule has 1 aromatic heterocycles. The number of nitrogens with zero attached hydrogens (tertiary/aromatic N) is 3. The van der Waals surface area contributed by atoms with Gasteiger partial charge in [-0.05, 0) is 35.7 Å². The number of hydrogen-bond acceptors (Lipinski definition) is 5. The molecule has 1 aromatic carbocycles. The zero-order valence-corrected chi connectivity index (χ0v) is 16.6. The Kier molecular flexibility index (Phi) is 6.35. The number of furan rings is 1. The predicted molar refractivity (Wildman–Crippen MR) is 109 cm³/mol. The van der Waals surface area contributed by atoms with E-state index in [1.807, 2.05) is 35.2 Å². The molecule has 1 aliphatic rings. The van der Waals surface area contributed by atoms with Crippen molar-refractivity contribution in [3.63, 3.8) is 0 Å². The van der Waals surface area contributed by atoms with Gasteiger partial charge in [0.1, 0.15) is 11.6 Å². The van der Waals surface area contributed by atoms with E-state index in [4.69, 9.17) is 4.42 Å². The number of carbonyl (C=O) groups is 2. The highest BCUT2D eigenvalue weighted by Crippen LogP contribution is 2.18. The van der Waals surface area contributed by atoms with E-state index in [0.717, 1.165) is 0 Å². The summed E-state index contributed by atoms with van der Waals surface area (Å²) in [6.07, 6.45) is 3.03. The van der Waals surface area contributed by atoms with Crippen molar-refractivity contribution >= 4 is 17.5 Å². The van der Waals surface area contributed by atoms with Crippen LogP contribution in [0.15, 0.2) is 58.9 Å². The van der Waals surface area contributed by atoms with E-state index in [1.165, 1.54) is 11.8 Å². The van der Waals surface area contributed by atoms with Crippen molar-refractivity contribution in [3.8, 4) is 6.07 Å². The number of amides is 2. The molecule has 0 bridgehead atoms. The molecule has 2 aromatic rings. The van der Waals surface area contributed by atoms with Gasteiger partial charge in [-0.25, -0.2) is 0 Å². The van der Waals surface area contributed by atoms with Crippen LogP contribution in [0.2, 0.25) is 0 Å². The van der Waals surface area contributed by atoms with Crippen molar-refractivity contribution in [3.05, 3.63) is 65.8 Å². The summed E-state index contributed by atoms with van der Waals surface area (Å²) >= 11 is 0. The molecule has 0 radical (unpaired) electrons. The minimum Gasteiger partial charge on any atom is -0.459 e. The number of nitrogens with one attached hydrogen (secondary N) is 1. The molecule has 0 aliphatic carbocycles. The highest BCUT2D eigenvalue weighted by molar-refractivity contribution is 6.06. The Bertz CT molecular complexity index is 916. The zero-order valence-electron chi connectivity index (χ0n) is 16.6. The second-order valence-corrected chi connectivity index (χ2v) is 7.19. The lowest BCUT2D eigenvalue weighted by Crippen LogP contribution is -2.47. The number of rotatable bonds is 5. The van der Waals surface area contributed by atoms with Gasteiger partial charge in [0.25, 0.3) is 11.8 Å². The Morgan fingerprint density at radius 1 is 1.14 bits per heavy atom. The Morgan fingerprint density at radius 2 is 1.83 bits per heavy atom. The molecule has 2 heterocycles. The van der Waals surface area contributed by atoms with Crippen LogP contribution < -0.4 is 5.32 Å². The Balaban J connectivity index is 1.58. The molecule has 2 amide bonds. The summed E-state index contributed by atoms with van der Waals surface area (Å²) in [6, 6.07) is 12.9. The molecule has 1 fully saturated rings. The third kappa shape index (κ3) is 5.05. The number of nitriles is 1. The zero-order chi connectivity index (χ0) is 20.8. The Morgan fingerprint density at radius 3 is 2.38 bits per heavy atom. The smallest absolute Gasteiger partial charge is 0.289 e. The number of anilines is 1. The molecule has 1 aliphatic heterocycles. The molecule has 0 unspecified atom stereocenters. The van der Waals surface area contributed by atoms with Gasteiger partial charge in [0.15, 0.2) is 5.76 Å². The molecule has 150 valence electrons. The van der Waals surface area contributed by atoms with Gasteiger partial charge in [-0.2, -0.15) is 5.26 Å². The summed E-state index contributed by atoms with van der Waals surface area (Å²) in [5.74, 6) is 0.128. The van der Waals surface area contributed by atoms with Gasteiger partial charge in [0.2, 0.25) is 0 Å². The van der Waals surface area contributed by atoms with Crippen molar-refractivity contribution in [2.75, 3.05) is 31.5 Å². The Hall–Kier alpha value is -3.53. The van der Waals surface area contributed by atoms with Crippen LogP contribution in [-0.2, 0) is 4.79 Å². The normalized spacial score (nSPS) is 14.6. The molecule has 1 saturated heterocycles. The lowest BCUT2D eigenvalue weighted by atomic mass is 10.0. The molecule has 1 N–H and O–H groups in total. The first-order valence-electron chi connectivity index (χ1n) is 9.58. The van der Waals surface area contributed by atoms with Crippen LogP contribution in [-0.4, -0.2) is 47.8 Å². The molecule has 7 heteroatoms. The second-order valence-electron chi connectivity index (χ2n) is 7.19. The monoisotopic (exact) mass is 392 g/mol. The number of hydrogen-bond donors (Lipinski definition) is 1. The fraction of sp³-hybridized carbons (Fsp3) is 0.318. The maximum Gasteiger partial charge on any atom is 0.289 e. The van der Waals surface area contributed by atoms with Gasteiger partial charge in [-0.3, -0.25) is 9.59 Å². The molecular formula is C22H24N4O3. The lowest BCUT2D eigenvalue weighted by Gasteiger charge is -2.33. The first-order valence-corrected chi connectivity index (χ1v) is 9.58. The van der Waals surface area contributed by atoms with Crippen molar-refractivity contribution < 1.29 is 14.0 Å². The standard InChI is InChI=1S/C22H24N4O3/c1-16(2)17-5-7-19(8-6-17)24-21(27)18(14-23)15-25-9-11-26(12-10-25)22(28)20-4-3-13-29-20/h3-8,13,15-16H,9-12H2,1-2H3,(H,24,27)/b18-15-. The molecule has 0 atom stereocenters. The number of piperazine rings is 1. The number of benzene rings is 1. The van der Waals surface area contributed by atoms with Crippen molar-refractivity contribution in [1.29, 1.82) is 5.26 Å². The average molecular weight is 392 g/mol. The van der Waals surface area contributed by atoms with Crippen molar-refractivity contribution in [2.45, 2.75) is 19.8 Å². The van der Waals surface area contributed by atoms with Crippen LogP contribution in [0.4, 0.5) is 5.69 Å². The summed E-state index contributed by atoms with van der Waals surface area (Å²) in [4.78, 5) is 28.3. The van der Waals surface area contributed by atoms with E-state index in [-0.39, 0.29) is 11.5 Å². The highest BCUT2D eigenvalue weighted by Gasteiger charge is 2.23. The molecule has 29 heavy (non-hydrogen) atoms. The van der Waals surface area contributed by atoms with Gasteiger partial charge in [0.05, 0.1) is 6.26 Å². The van der Waals surface area contributed by atoms with E-state index in [9.17, 15) is 14.9 Å². The average Bonchev–Trinajstić information content (AvgIpc) is 3.27. The first kappa shape index (κ1) is 20.2. The quantitative estimate of drug-likeness (QED) is 0.623. The van der Waals surface area contributed by atoms with Gasteiger partial charge >= 0.3 is 0 Å². The third-order valence-electron chi connectivity index (χ3n) is 4.85. The predicted octanol–water partition coefficient (Wildman–Crippen LogP) is 3.21.